The summed E-state index contributed by atoms with van der Waals surface area (Å²) in [6, 6.07) is 39.5. The molecular formula is C81H105N4OZr2-5. The van der Waals surface area contributed by atoms with Crippen LogP contribution in [0.15, 0.2) is 121 Å². The number of hydrogen-bond acceptors (Lipinski definition) is 1. The van der Waals surface area contributed by atoms with Gasteiger partial charge in [0.05, 0.1) is 0 Å². The summed E-state index contributed by atoms with van der Waals surface area (Å²) in [4.78, 5) is 0. The van der Waals surface area contributed by atoms with Gasteiger partial charge in [0, 0.05) is 39.4 Å². The van der Waals surface area contributed by atoms with Crippen LogP contribution in [0.25, 0.3) is 21.3 Å². The SMILES string of the molecule is Cc1c(C)c(C)c([N-]CCOCC[N-]c2c(C)c(C)c(C)c(C)c2C)c(C)c1C.Cc1c(C)c(C)c([N-]CC[CH-]CC[N-]c2c(C)c(C)c(C)c(C)c2C)c(C)c1C.[CH2-]c1ccccc1.[CH2-]c1ccccc1.[CH2-]c1ccccc1.[CH2-]c1ccccc1.[Zr+4].[Zr]. The molecule has 0 heterocycles. The summed E-state index contributed by atoms with van der Waals surface area (Å²) in [7, 11) is 0. The van der Waals surface area contributed by atoms with Crippen LogP contribution in [-0.2, 0) is 57.1 Å². The summed E-state index contributed by atoms with van der Waals surface area (Å²) in [6.45, 7) is 63.1. The van der Waals surface area contributed by atoms with Crippen molar-refractivity contribution in [3.63, 3.8) is 0 Å². The molecule has 0 unspecified atom stereocenters. The Hall–Kier alpha value is -5.83. The van der Waals surface area contributed by atoms with Crippen molar-refractivity contribution < 1.29 is 57.1 Å². The standard InChI is InChI=1S/C27H39N2.C26H38N2O.4C7H7.2Zr/c1-16-18(3)22(7)26(23(8)19(16)4)28-14-12-11-13-15-29-27-24(9)20(5)17(2)21(6)25(27)10;1-15-17(3)21(7)25(22(8)18(15)4)27-11-13-29-14-12-28-26-23(9)19(5)16(2)20(6)24(26)10;4*1-7-5-3-2-4-6-7;;/h11H,12-15H2,1-10H3;11-14H2,1-10H3;4*2-6H,1H2;;/q-3;-2;4*-1;;+4. The maximum absolute atomic E-state index is 5.82. The van der Waals surface area contributed by atoms with E-state index >= 15 is 0 Å². The summed E-state index contributed by atoms with van der Waals surface area (Å²) in [5, 5.41) is 19.5. The molecule has 0 saturated carbocycles. The Labute approximate surface area is 576 Å². The molecule has 7 heteroatoms. The van der Waals surface area contributed by atoms with E-state index in [1.54, 1.807) is 0 Å². The zero-order chi connectivity index (χ0) is 64.2. The monoisotopic (exact) mass is 1330 g/mol. The minimum atomic E-state index is 0. The van der Waals surface area contributed by atoms with Crippen molar-refractivity contribution >= 4 is 22.7 Å². The number of ether oxygens (including phenoxy) is 1. The van der Waals surface area contributed by atoms with Gasteiger partial charge in [-0.1, -0.05) is 68.8 Å². The first-order chi connectivity index (χ1) is 40.8. The van der Waals surface area contributed by atoms with Crippen LogP contribution in [0.5, 0.6) is 0 Å². The van der Waals surface area contributed by atoms with Crippen LogP contribution < -0.4 is 0 Å². The molecule has 0 aliphatic carbocycles. The van der Waals surface area contributed by atoms with Crippen LogP contribution in [0.1, 0.15) is 146 Å². The van der Waals surface area contributed by atoms with E-state index in [-0.39, 0.29) is 52.4 Å². The first-order valence-electron chi connectivity index (χ1n) is 30.6. The normalized spacial score (nSPS) is 10.0. The Morgan fingerprint density at radius 1 is 0.261 bits per heavy atom. The number of nitrogens with zero attached hydrogens (tertiary/aromatic N) is 4. The smallest absolute Gasteiger partial charge is 0.686 e. The van der Waals surface area contributed by atoms with Crippen LogP contribution in [0.3, 0.4) is 0 Å². The molecule has 0 aliphatic rings. The number of unbranched alkanes of at least 4 members (excludes halogenated alkanes) is 2. The second kappa shape index (κ2) is 41.5. The van der Waals surface area contributed by atoms with Crippen molar-refractivity contribution in [1.29, 1.82) is 0 Å². The first kappa shape index (κ1) is 80.2. The Morgan fingerprint density at radius 2 is 0.420 bits per heavy atom. The van der Waals surface area contributed by atoms with Crippen LogP contribution in [-0.4, -0.2) is 39.4 Å². The van der Waals surface area contributed by atoms with Crippen molar-refractivity contribution in [3.05, 3.63) is 310 Å². The molecule has 0 fully saturated rings. The van der Waals surface area contributed by atoms with Gasteiger partial charge in [0.2, 0.25) is 0 Å². The maximum Gasteiger partial charge on any atom is 4.00 e. The van der Waals surface area contributed by atoms with E-state index in [0.29, 0.717) is 26.3 Å². The van der Waals surface area contributed by atoms with Gasteiger partial charge in [-0.25, -0.2) is 0 Å². The molecule has 8 rings (SSSR count). The fourth-order valence-electron chi connectivity index (χ4n) is 10.0. The molecule has 8 aromatic carbocycles. The summed E-state index contributed by atoms with van der Waals surface area (Å²) < 4.78 is 5.82. The van der Waals surface area contributed by atoms with Gasteiger partial charge < -0.3 is 32.4 Å². The minimum Gasteiger partial charge on any atom is -0.686 e. The van der Waals surface area contributed by atoms with E-state index < -0.39 is 0 Å². The predicted octanol–water partition coefficient (Wildman–Crippen LogP) is 23.4. The quantitative estimate of drug-likeness (QED) is 0.0702. The van der Waals surface area contributed by atoms with Crippen molar-refractivity contribution in [2.24, 2.45) is 0 Å². The molecule has 0 radical (unpaired) electrons. The van der Waals surface area contributed by atoms with Crippen molar-refractivity contribution in [1.82, 2.24) is 0 Å². The Balaban J connectivity index is 0.000000600. The van der Waals surface area contributed by atoms with Crippen LogP contribution >= 0.6 is 0 Å². The molecule has 88 heavy (non-hydrogen) atoms. The molecule has 0 aliphatic heterocycles. The maximum atomic E-state index is 5.82. The molecule has 0 spiro atoms. The second-order valence-corrected chi connectivity index (χ2v) is 22.8. The van der Waals surface area contributed by atoms with E-state index in [9.17, 15) is 0 Å². The van der Waals surface area contributed by atoms with Crippen molar-refractivity contribution in [2.75, 3.05) is 39.4 Å². The largest absolute Gasteiger partial charge is 4.00 e. The average Bonchev–Trinajstić information content (AvgIpc) is 3.51. The molecule has 0 atom stereocenters. The van der Waals surface area contributed by atoms with Gasteiger partial charge in [-0.15, -0.1) is 84.4 Å². The van der Waals surface area contributed by atoms with E-state index in [1.807, 2.05) is 121 Å². The van der Waals surface area contributed by atoms with Gasteiger partial charge in [-0.05, 0) is 205 Å². The van der Waals surface area contributed by atoms with Gasteiger partial charge >= 0.3 is 26.2 Å². The van der Waals surface area contributed by atoms with Gasteiger partial charge in [0.15, 0.2) is 0 Å². The van der Waals surface area contributed by atoms with Crippen molar-refractivity contribution in [2.45, 2.75) is 151 Å². The summed E-state index contributed by atoms with van der Waals surface area (Å²) >= 11 is 0. The summed E-state index contributed by atoms with van der Waals surface area (Å²) in [5.74, 6) is 0. The number of benzene rings is 8. The Morgan fingerprint density at radius 3 is 0.580 bits per heavy atom. The zero-order valence-electron chi connectivity index (χ0n) is 57.8. The zero-order valence-corrected chi connectivity index (χ0v) is 62.7. The number of hydrogen-bond donors (Lipinski definition) is 0. The molecule has 468 valence electrons. The van der Waals surface area contributed by atoms with Crippen LogP contribution in [0.4, 0.5) is 22.7 Å². The molecule has 0 N–H and O–H groups in total. The van der Waals surface area contributed by atoms with E-state index in [0.717, 1.165) is 59.6 Å². The van der Waals surface area contributed by atoms with Crippen molar-refractivity contribution in [3.8, 4) is 0 Å². The fourth-order valence-corrected chi connectivity index (χ4v) is 10.0. The average molecular weight is 1330 g/mol. The molecule has 0 aromatic heterocycles. The predicted molar refractivity (Wildman–Crippen MR) is 380 cm³/mol. The van der Waals surface area contributed by atoms with E-state index in [4.69, 9.17) is 26.0 Å². The molecule has 0 amide bonds. The Bertz CT molecular complexity index is 2770. The van der Waals surface area contributed by atoms with Crippen LogP contribution in [0, 0.1) is 173 Å². The van der Waals surface area contributed by atoms with E-state index in [2.05, 4.69) is 173 Å². The number of rotatable bonds is 16. The molecule has 0 bridgehead atoms. The van der Waals surface area contributed by atoms with Gasteiger partial charge in [-0.2, -0.15) is 124 Å². The summed E-state index contributed by atoms with van der Waals surface area (Å²) in [5.41, 5.74) is 35.9. The first-order valence-corrected chi connectivity index (χ1v) is 30.6. The fraction of sp³-hybridized carbons (Fsp3) is 0.346. The third-order valence-corrected chi connectivity index (χ3v) is 17.4. The Kier molecular flexibility index (Phi) is 37.8. The van der Waals surface area contributed by atoms with Gasteiger partial charge in [-0.3, -0.25) is 0 Å². The van der Waals surface area contributed by atoms with Gasteiger partial charge in [0.1, 0.15) is 0 Å². The third-order valence-electron chi connectivity index (χ3n) is 17.4. The molecule has 8 aromatic rings. The van der Waals surface area contributed by atoms with Gasteiger partial charge in [0.25, 0.3) is 0 Å². The van der Waals surface area contributed by atoms with E-state index in [1.165, 1.54) is 123 Å². The minimum absolute atomic E-state index is 0. The summed E-state index contributed by atoms with van der Waals surface area (Å²) in [6.07, 6.45) is 4.35. The second-order valence-electron chi connectivity index (χ2n) is 22.8. The molecule has 0 saturated heterocycles. The third kappa shape index (κ3) is 24.9. The van der Waals surface area contributed by atoms with Crippen LogP contribution in [0.2, 0.25) is 0 Å². The topological polar surface area (TPSA) is 65.6 Å². The molecule has 5 nitrogen and oxygen atoms in total. The molecular weight excluding hydrogens is 1230 g/mol.